The van der Waals surface area contributed by atoms with Crippen molar-refractivity contribution in [3.05, 3.63) is 36.4 Å². The minimum Gasteiger partial charge on any atom is -0.495 e. The van der Waals surface area contributed by atoms with Crippen LogP contribution in [0, 0.1) is 23.7 Å². The fourth-order valence-electron chi connectivity index (χ4n) is 3.48. The van der Waals surface area contributed by atoms with Gasteiger partial charge in [-0.15, -0.1) is 0 Å². The third kappa shape index (κ3) is 2.28. The molecule has 0 heterocycles. The van der Waals surface area contributed by atoms with E-state index in [2.05, 4.69) is 5.32 Å². The van der Waals surface area contributed by atoms with Gasteiger partial charge in [0.05, 0.1) is 24.6 Å². The molecule has 3 rings (SSSR count). The van der Waals surface area contributed by atoms with Gasteiger partial charge in [0.2, 0.25) is 5.91 Å². The Bertz CT molecular complexity index is 610. The molecule has 2 bridgehead atoms. The number of hydrogen-bond donors (Lipinski definition) is 2. The minimum absolute atomic E-state index is 0.0193. The third-order valence-electron chi connectivity index (χ3n) is 4.41. The smallest absolute Gasteiger partial charge is 0.307 e. The van der Waals surface area contributed by atoms with Crippen molar-refractivity contribution in [2.24, 2.45) is 23.7 Å². The summed E-state index contributed by atoms with van der Waals surface area (Å²) in [6.45, 7) is 0. The van der Waals surface area contributed by atoms with E-state index < -0.39 is 17.8 Å². The number of amides is 1. The second-order valence-electron chi connectivity index (χ2n) is 5.53. The highest BCUT2D eigenvalue weighted by atomic mass is 16.5. The van der Waals surface area contributed by atoms with Gasteiger partial charge in [0, 0.05) is 0 Å². The number of para-hydroxylation sites is 2. The van der Waals surface area contributed by atoms with Crippen LogP contribution < -0.4 is 10.1 Å². The minimum atomic E-state index is -0.896. The van der Waals surface area contributed by atoms with Crippen LogP contribution in [0.5, 0.6) is 5.75 Å². The number of carboxylic acids is 1. The zero-order chi connectivity index (χ0) is 15.0. The number of allylic oxidation sites excluding steroid dienone is 2. The molecule has 2 aliphatic rings. The molecule has 0 saturated heterocycles. The van der Waals surface area contributed by atoms with Gasteiger partial charge in [-0.1, -0.05) is 24.3 Å². The zero-order valence-electron chi connectivity index (χ0n) is 11.7. The molecule has 0 aliphatic heterocycles. The lowest BCUT2D eigenvalue weighted by Gasteiger charge is -2.24. The molecule has 1 aromatic rings. The Morgan fingerprint density at radius 2 is 1.86 bits per heavy atom. The van der Waals surface area contributed by atoms with Gasteiger partial charge >= 0.3 is 5.97 Å². The highest BCUT2D eigenvalue weighted by molar-refractivity contribution is 5.97. The number of methoxy groups -OCH3 is 1. The third-order valence-corrected chi connectivity index (χ3v) is 4.41. The highest BCUT2D eigenvalue weighted by Crippen LogP contribution is 2.48. The van der Waals surface area contributed by atoms with E-state index in [9.17, 15) is 14.7 Å². The monoisotopic (exact) mass is 287 g/mol. The van der Waals surface area contributed by atoms with E-state index in [4.69, 9.17) is 4.74 Å². The van der Waals surface area contributed by atoms with Gasteiger partial charge in [0.1, 0.15) is 5.75 Å². The molecular weight excluding hydrogens is 270 g/mol. The van der Waals surface area contributed by atoms with E-state index in [-0.39, 0.29) is 17.7 Å². The van der Waals surface area contributed by atoms with Crippen LogP contribution in [0.4, 0.5) is 5.69 Å². The average molecular weight is 287 g/mol. The lowest BCUT2D eigenvalue weighted by atomic mass is 9.82. The number of nitrogens with one attached hydrogen (secondary N) is 1. The van der Waals surface area contributed by atoms with E-state index in [0.717, 1.165) is 6.42 Å². The number of carbonyl (C=O) groups excluding carboxylic acids is 1. The molecule has 0 spiro atoms. The number of fused-ring (bicyclic) bond motifs is 2. The van der Waals surface area contributed by atoms with Crippen molar-refractivity contribution in [1.29, 1.82) is 0 Å². The van der Waals surface area contributed by atoms with Gasteiger partial charge in [-0.25, -0.2) is 0 Å². The first-order valence-electron chi connectivity index (χ1n) is 6.97. The fraction of sp³-hybridized carbons (Fsp3) is 0.375. The Morgan fingerprint density at radius 3 is 2.52 bits per heavy atom. The predicted octanol–water partition coefficient (Wildman–Crippen LogP) is 2.16. The van der Waals surface area contributed by atoms with Crippen LogP contribution in [0.1, 0.15) is 6.42 Å². The summed E-state index contributed by atoms with van der Waals surface area (Å²) in [6.07, 6.45) is 4.65. The molecule has 0 aromatic heterocycles. The van der Waals surface area contributed by atoms with Crippen molar-refractivity contribution < 1.29 is 19.4 Å². The van der Waals surface area contributed by atoms with E-state index in [1.807, 2.05) is 18.2 Å². The fourth-order valence-corrected chi connectivity index (χ4v) is 3.48. The van der Waals surface area contributed by atoms with Gasteiger partial charge in [-0.05, 0) is 30.4 Å². The zero-order valence-corrected chi connectivity index (χ0v) is 11.7. The normalized spacial score (nSPS) is 29.4. The number of hydrogen-bond acceptors (Lipinski definition) is 3. The Labute approximate surface area is 122 Å². The summed E-state index contributed by atoms with van der Waals surface area (Å²) >= 11 is 0. The number of aliphatic carboxylic acids is 1. The van der Waals surface area contributed by atoms with Crippen molar-refractivity contribution >= 4 is 17.6 Å². The van der Waals surface area contributed by atoms with Crippen molar-refractivity contribution in [2.75, 3.05) is 12.4 Å². The number of benzene rings is 1. The second kappa shape index (κ2) is 5.24. The first-order chi connectivity index (χ1) is 10.1. The average Bonchev–Trinajstić information content (AvgIpc) is 3.08. The summed E-state index contributed by atoms with van der Waals surface area (Å²) in [6, 6.07) is 7.11. The molecule has 5 heteroatoms. The molecule has 1 saturated carbocycles. The van der Waals surface area contributed by atoms with Crippen molar-refractivity contribution in [2.45, 2.75) is 6.42 Å². The van der Waals surface area contributed by atoms with Crippen LogP contribution in [-0.2, 0) is 9.59 Å². The largest absolute Gasteiger partial charge is 0.495 e. The van der Waals surface area contributed by atoms with Crippen LogP contribution >= 0.6 is 0 Å². The number of carbonyl (C=O) groups is 2. The van der Waals surface area contributed by atoms with Crippen molar-refractivity contribution in [1.82, 2.24) is 0 Å². The molecule has 0 radical (unpaired) electrons. The first kappa shape index (κ1) is 13.7. The summed E-state index contributed by atoms with van der Waals surface area (Å²) in [5.41, 5.74) is 0.570. The quantitative estimate of drug-likeness (QED) is 0.832. The Morgan fingerprint density at radius 1 is 1.19 bits per heavy atom. The van der Waals surface area contributed by atoms with E-state index in [1.165, 1.54) is 7.11 Å². The molecule has 110 valence electrons. The van der Waals surface area contributed by atoms with Gasteiger partial charge in [0.25, 0.3) is 0 Å². The van der Waals surface area contributed by atoms with Gasteiger partial charge in [0.15, 0.2) is 0 Å². The number of rotatable bonds is 4. The molecule has 21 heavy (non-hydrogen) atoms. The Kier molecular flexibility index (Phi) is 3.41. The summed E-state index contributed by atoms with van der Waals surface area (Å²) < 4.78 is 5.20. The van der Waals surface area contributed by atoms with Crippen LogP contribution in [0.15, 0.2) is 36.4 Å². The topological polar surface area (TPSA) is 75.6 Å². The van der Waals surface area contributed by atoms with Gasteiger partial charge in [-0.3, -0.25) is 9.59 Å². The second-order valence-corrected chi connectivity index (χ2v) is 5.53. The summed E-state index contributed by atoms with van der Waals surface area (Å²) in [5, 5.41) is 12.2. The highest BCUT2D eigenvalue weighted by Gasteiger charge is 2.51. The molecule has 1 aromatic carbocycles. The summed E-state index contributed by atoms with van der Waals surface area (Å²) in [7, 11) is 1.53. The van der Waals surface area contributed by atoms with Crippen LogP contribution in [0.2, 0.25) is 0 Å². The lowest BCUT2D eigenvalue weighted by Crippen LogP contribution is -2.36. The maximum atomic E-state index is 12.5. The van der Waals surface area contributed by atoms with Crippen molar-refractivity contribution in [3.8, 4) is 5.75 Å². The molecule has 4 atom stereocenters. The summed E-state index contributed by atoms with van der Waals surface area (Å²) in [4.78, 5) is 24.0. The standard InChI is InChI=1S/C16H17NO4/c1-21-12-5-3-2-4-11(12)17-15(18)13-9-6-7-10(8-9)14(13)16(19)20/h2-7,9-10,13-14H,8H2,1H3,(H,17,18)(H,19,20)/t9?,10?,13-,14+/m1/s1. The predicted molar refractivity (Wildman–Crippen MR) is 77.0 cm³/mol. The van der Waals surface area contributed by atoms with Gasteiger partial charge in [-0.2, -0.15) is 0 Å². The lowest BCUT2D eigenvalue weighted by molar-refractivity contribution is -0.146. The van der Waals surface area contributed by atoms with Crippen LogP contribution in [0.3, 0.4) is 0 Å². The molecule has 2 unspecified atom stereocenters. The molecule has 2 N–H and O–H groups in total. The van der Waals surface area contributed by atoms with E-state index in [0.29, 0.717) is 11.4 Å². The van der Waals surface area contributed by atoms with E-state index >= 15 is 0 Å². The maximum absolute atomic E-state index is 12.5. The van der Waals surface area contributed by atoms with Crippen LogP contribution in [-0.4, -0.2) is 24.1 Å². The molecule has 2 aliphatic carbocycles. The molecule has 5 nitrogen and oxygen atoms in total. The van der Waals surface area contributed by atoms with Gasteiger partial charge < -0.3 is 15.2 Å². The molecular formula is C16H17NO4. The number of carboxylic acid groups (broad SMARTS) is 1. The number of anilines is 1. The van der Waals surface area contributed by atoms with Crippen LogP contribution in [0.25, 0.3) is 0 Å². The molecule has 1 fully saturated rings. The Balaban J connectivity index is 1.82. The first-order valence-corrected chi connectivity index (χ1v) is 6.97. The molecule has 1 amide bonds. The SMILES string of the molecule is COc1ccccc1NC(=O)[C@@H]1C2C=CC(C2)[C@@H]1C(=O)O. The van der Waals surface area contributed by atoms with Crippen molar-refractivity contribution in [3.63, 3.8) is 0 Å². The maximum Gasteiger partial charge on any atom is 0.307 e. The summed E-state index contributed by atoms with van der Waals surface area (Å²) in [5.74, 6) is -1.73. The number of ether oxygens (including phenoxy) is 1. The van der Waals surface area contributed by atoms with E-state index in [1.54, 1.807) is 18.2 Å². The Hall–Kier alpha value is -2.30.